The number of carbonyl (C=O) groups is 1. The third-order valence-electron chi connectivity index (χ3n) is 3.66. The molecule has 4 heteroatoms. The van der Waals surface area contributed by atoms with Gasteiger partial charge in [0.25, 0.3) is 0 Å². The molecule has 0 aliphatic heterocycles. The fourth-order valence-corrected chi connectivity index (χ4v) is 2.28. The molecule has 0 saturated heterocycles. The quantitative estimate of drug-likeness (QED) is 0.787. The Balaban J connectivity index is 1.99. The van der Waals surface area contributed by atoms with Gasteiger partial charge in [-0.3, -0.25) is 9.69 Å². The van der Waals surface area contributed by atoms with Crippen molar-refractivity contribution in [2.24, 2.45) is 0 Å². The summed E-state index contributed by atoms with van der Waals surface area (Å²) in [6.07, 6.45) is 3.43. The molecule has 0 amide bonds. The van der Waals surface area contributed by atoms with Crippen LogP contribution in [0.15, 0.2) is 24.3 Å². The first kappa shape index (κ1) is 13.7. The lowest BCUT2D eigenvalue weighted by Gasteiger charge is -2.36. The van der Waals surface area contributed by atoms with Crippen LogP contribution in [0.25, 0.3) is 0 Å². The Kier molecular flexibility index (Phi) is 4.67. The molecule has 1 aliphatic rings. The molecule has 1 aromatic rings. The van der Waals surface area contributed by atoms with E-state index in [1.165, 1.54) is 6.42 Å². The van der Waals surface area contributed by atoms with Crippen molar-refractivity contribution in [3.63, 3.8) is 0 Å². The number of hydrogen-bond donors (Lipinski definition) is 1. The lowest BCUT2D eigenvalue weighted by atomic mass is 9.91. The molecule has 19 heavy (non-hydrogen) atoms. The summed E-state index contributed by atoms with van der Waals surface area (Å²) in [5.74, 6) is 0.0461. The van der Waals surface area contributed by atoms with Crippen LogP contribution in [-0.4, -0.2) is 41.5 Å². The number of aliphatic hydroxyl groups excluding tert-OH is 1. The van der Waals surface area contributed by atoms with Gasteiger partial charge in [0.05, 0.1) is 24.8 Å². The Bertz CT molecular complexity index is 472. The molecule has 2 rings (SSSR count). The van der Waals surface area contributed by atoms with Crippen molar-refractivity contribution in [1.29, 1.82) is 5.26 Å². The van der Waals surface area contributed by atoms with E-state index < -0.39 is 0 Å². The van der Waals surface area contributed by atoms with Gasteiger partial charge >= 0.3 is 0 Å². The van der Waals surface area contributed by atoms with Crippen molar-refractivity contribution in [1.82, 2.24) is 4.90 Å². The molecule has 100 valence electrons. The van der Waals surface area contributed by atoms with E-state index in [-0.39, 0.29) is 12.4 Å². The minimum atomic E-state index is 0.0461. The molecular weight excluding hydrogens is 240 g/mol. The van der Waals surface area contributed by atoms with Crippen molar-refractivity contribution in [2.45, 2.75) is 25.3 Å². The first-order valence-corrected chi connectivity index (χ1v) is 6.63. The van der Waals surface area contributed by atoms with Gasteiger partial charge in [-0.25, -0.2) is 0 Å². The van der Waals surface area contributed by atoms with Crippen molar-refractivity contribution in [2.75, 3.05) is 19.7 Å². The molecule has 1 aliphatic carbocycles. The lowest BCUT2D eigenvalue weighted by Crippen LogP contribution is -2.44. The number of Topliss-reactive ketones (excluding diaryl/α,β-unsaturated/α-hetero) is 1. The molecule has 0 heterocycles. The maximum Gasteiger partial charge on any atom is 0.176 e. The fraction of sp³-hybridized carbons (Fsp3) is 0.467. The first-order valence-electron chi connectivity index (χ1n) is 6.63. The van der Waals surface area contributed by atoms with Crippen LogP contribution in [0, 0.1) is 11.3 Å². The SMILES string of the molecule is N#Cc1ccc(C(=O)CN(CCO)C2CCC2)cc1. The van der Waals surface area contributed by atoms with E-state index in [2.05, 4.69) is 4.90 Å². The average Bonchev–Trinajstić information content (AvgIpc) is 2.37. The zero-order valence-electron chi connectivity index (χ0n) is 10.9. The van der Waals surface area contributed by atoms with Crippen LogP contribution in [0.4, 0.5) is 0 Å². The second kappa shape index (κ2) is 6.46. The Hall–Kier alpha value is -1.70. The van der Waals surface area contributed by atoms with Crippen LogP contribution in [0.5, 0.6) is 0 Å². The molecule has 1 N–H and O–H groups in total. The van der Waals surface area contributed by atoms with Gasteiger partial charge in [0.2, 0.25) is 0 Å². The molecule has 0 atom stereocenters. The van der Waals surface area contributed by atoms with Gasteiger partial charge in [0.15, 0.2) is 5.78 Å². The predicted molar refractivity (Wildman–Crippen MR) is 71.8 cm³/mol. The summed E-state index contributed by atoms with van der Waals surface area (Å²) in [6, 6.07) is 9.18. The van der Waals surface area contributed by atoms with E-state index in [1.54, 1.807) is 24.3 Å². The van der Waals surface area contributed by atoms with E-state index in [4.69, 9.17) is 10.4 Å². The molecule has 0 unspecified atom stereocenters. The summed E-state index contributed by atoms with van der Waals surface area (Å²) >= 11 is 0. The minimum absolute atomic E-state index is 0.0461. The second-order valence-corrected chi connectivity index (χ2v) is 4.89. The van der Waals surface area contributed by atoms with Crippen molar-refractivity contribution >= 4 is 5.78 Å². The van der Waals surface area contributed by atoms with Gasteiger partial charge in [-0.05, 0) is 25.0 Å². The number of carbonyl (C=O) groups excluding carboxylic acids is 1. The van der Waals surface area contributed by atoms with Gasteiger partial charge < -0.3 is 5.11 Å². The Morgan fingerprint density at radius 3 is 2.53 bits per heavy atom. The van der Waals surface area contributed by atoms with E-state index in [9.17, 15) is 4.79 Å². The molecule has 1 saturated carbocycles. The van der Waals surface area contributed by atoms with Gasteiger partial charge in [0.1, 0.15) is 0 Å². The summed E-state index contributed by atoms with van der Waals surface area (Å²) in [4.78, 5) is 14.2. The van der Waals surface area contributed by atoms with E-state index in [0.29, 0.717) is 30.3 Å². The van der Waals surface area contributed by atoms with Crippen LogP contribution >= 0.6 is 0 Å². The maximum absolute atomic E-state index is 12.2. The zero-order valence-corrected chi connectivity index (χ0v) is 10.9. The Labute approximate surface area is 113 Å². The van der Waals surface area contributed by atoms with Gasteiger partial charge in [0, 0.05) is 18.2 Å². The maximum atomic E-state index is 12.2. The Morgan fingerprint density at radius 2 is 2.05 bits per heavy atom. The lowest BCUT2D eigenvalue weighted by molar-refractivity contribution is 0.0747. The normalized spacial score (nSPS) is 15.0. The molecule has 0 bridgehead atoms. The summed E-state index contributed by atoms with van der Waals surface area (Å²) in [5, 5.41) is 17.8. The van der Waals surface area contributed by atoms with Crippen molar-refractivity contribution in [3.05, 3.63) is 35.4 Å². The van der Waals surface area contributed by atoms with E-state index in [1.807, 2.05) is 6.07 Å². The summed E-state index contributed by atoms with van der Waals surface area (Å²) < 4.78 is 0. The highest BCUT2D eigenvalue weighted by Gasteiger charge is 2.26. The van der Waals surface area contributed by atoms with Gasteiger partial charge in [-0.1, -0.05) is 18.6 Å². The molecule has 0 spiro atoms. The summed E-state index contributed by atoms with van der Waals surface area (Å²) in [5.41, 5.74) is 1.18. The van der Waals surface area contributed by atoms with Crippen molar-refractivity contribution in [3.8, 4) is 6.07 Å². The van der Waals surface area contributed by atoms with Crippen molar-refractivity contribution < 1.29 is 9.90 Å². The highest BCUT2D eigenvalue weighted by atomic mass is 16.3. The minimum Gasteiger partial charge on any atom is -0.395 e. The Morgan fingerprint density at radius 1 is 1.37 bits per heavy atom. The number of nitriles is 1. The molecular formula is C15H18N2O2. The van der Waals surface area contributed by atoms with Gasteiger partial charge in [-0.15, -0.1) is 0 Å². The van der Waals surface area contributed by atoms with Crippen LogP contribution < -0.4 is 0 Å². The monoisotopic (exact) mass is 258 g/mol. The van der Waals surface area contributed by atoms with Crippen LogP contribution in [-0.2, 0) is 0 Å². The van der Waals surface area contributed by atoms with Crippen LogP contribution in [0.2, 0.25) is 0 Å². The number of hydrogen-bond acceptors (Lipinski definition) is 4. The van der Waals surface area contributed by atoms with Crippen LogP contribution in [0.3, 0.4) is 0 Å². The molecule has 1 aromatic carbocycles. The van der Waals surface area contributed by atoms with E-state index >= 15 is 0 Å². The smallest absolute Gasteiger partial charge is 0.176 e. The number of ketones is 1. The third kappa shape index (κ3) is 3.40. The standard InChI is InChI=1S/C15H18N2O2/c16-10-12-4-6-13(7-5-12)15(19)11-17(8-9-18)14-2-1-3-14/h4-7,14,18H,1-3,8-9,11H2. The summed E-state index contributed by atoms with van der Waals surface area (Å²) in [7, 11) is 0. The second-order valence-electron chi connectivity index (χ2n) is 4.89. The zero-order chi connectivity index (χ0) is 13.7. The highest BCUT2D eigenvalue weighted by Crippen LogP contribution is 2.24. The number of aliphatic hydroxyl groups is 1. The molecule has 1 fully saturated rings. The predicted octanol–water partition coefficient (Wildman–Crippen LogP) is 1.59. The highest BCUT2D eigenvalue weighted by molar-refractivity contribution is 5.97. The number of nitrogens with zero attached hydrogens (tertiary/aromatic N) is 2. The molecule has 0 radical (unpaired) electrons. The molecule has 4 nitrogen and oxygen atoms in total. The van der Waals surface area contributed by atoms with E-state index in [0.717, 1.165) is 12.8 Å². The topological polar surface area (TPSA) is 64.3 Å². The number of benzene rings is 1. The fourth-order valence-electron chi connectivity index (χ4n) is 2.28. The average molecular weight is 258 g/mol. The number of rotatable bonds is 6. The summed E-state index contributed by atoms with van der Waals surface area (Å²) in [6.45, 7) is 0.973. The molecule has 0 aromatic heterocycles. The third-order valence-corrected chi connectivity index (χ3v) is 3.66. The van der Waals surface area contributed by atoms with Gasteiger partial charge in [-0.2, -0.15) is 5.26 Å². The largest absolute Gasteiger partial charge is 0.395 e. The van der Waals surface area contributed by atoms with Crippen LogP contribution in [0.1, 0.15) is 35.2 Å². The first-order chi connectivity index (χ1) is 9.24.